The summed E-state index contributed by atoms with van der Waals surface area (Å²) >= 11 is 0. The van der Waals surface area contributed by atoms with Gasteiger partial charge in [0.15, 0.2) is 17.0 Å². The zero-order valence-corrected chi connectivity index (χ0v) is 11.0. The minimum absolute atomic E-state index is 0.827. The van der Waals surface area contributed by atoms with Crippen molar-refractivity contribution in [1.82, 2.24) is 19.5 Å². The smallest absolute Gasteiger partial charge is 0.165 e. The molecule has 1 aliphatic carbocycles. The summed E-state index contributed by atoms with van der Waals surface area (Å²) in [6.45, 7) is 4.06. The Morgan fingerprint density at radius 2 is 2.17 bits per heavy atom. The van der Waals surface area contributed by atoms with Crippen LogP contribution in [0.1, 0.15) is 26.2 Å². The predicted molar refractivity (Wildman–Crippen MR) is 71.6 cm³/mol. The zero-order valence-electron chi connectivity index (χ0n) is 11.0. The van der Waals surface area contributed by atoms with Crippen molar-refractivity contribution in [3.8, 4) is 0 Å². The van der Waals surface area contributed by atoms with Gasteiger partial charge in [0.1, 0.15) is 6.33 Å². The van der Waals surface area contributed by atoms with E-state index in [0.717, 1.165) is 36.0 Å². The second kappa shape index (κ2) is 4.55. The molecule has 0 atom stereocenters. The second-order valence-corrected chi connectivity index (χ2v) is 5.08. The maximum absolute atomic E-state index is 4.46. The number of aryl methyl sites for hydroxylation is 1. The fourth-order valence-corrected chi connectivity index (χ4v) is 2.53. The van der Waals surface area contributed by atoms with Crippen molar-refractivity contribution in [2.45, 2.75) is 32.7 Å². The van der Waals surface area contributed by atoms with Crippen LogP contribution in [0.3, 0.4) is 0 Å². The van der Waals surface area contributed by atoms with Crippen molar-refractivity contribution in [3.05, 3.63) is 12.7 Å². The normalized spacial score (nSPS) is 15.9. The molecule has 0 aliphatic heterocycles. The summed E-state index contributed by atoms with van der Waals surface area (Å²) in [7, 11) is 2.10. The highest BCUT2D eigenvalue weighted by molar-refractivity contribution is 5.83. The molecule has 0 spiro atoms. The highest BCUT2D eigenvalue weighted by atomic mass is 15.2. The van der Waals surface area contributed by atoms with Gasteiger partial charge in [0.2, 0.25) is 0 Å². The number of nitrogens with zero attached hydrogens (tertiary/aromatic N) is 5. The van der Waals surface area contributed by atoms with Crippen molar-refractivity contribution < 1.29 is 0 Å². The lowest BCUT2D eigenvalue weighted by molar-refractivity contribution is 0.321. The Balaban J connectivity index is 1.92. The number of fused-ring (bicyclic) bond motifs is 1. The van der Waals surface area contributed by atoms with Crippen LogP contribution >= 0.6 is 0 Å². The number of hydrogen-bond acceptors (Lipinski definition) is 4. The summed E-state index contributed by atoms with van der Waals surface area (Å²) in [5.74, 6) is 1.78. The summed E-state index contributed by atoms with van der Waals surface area (Å²) in [6.07, 6.45) is 7.56. The standard InChI is InChI=1S/C13H19N5/c1-3-18-9-16-11-12(14-8-15-13(11)18)17(2)7-10-5-4-6-10/h8-10H,3-7H2,1-2H3. The molecule has 96 valence electrons. The molecule has 2 aromatic heterocycles. The maximum atomic E-state index is 4.46. The highest BCUT2D eigenvalue weighted by Crippen LogP contribution is 2.29. The van der Waals surface area contributed by atoms with Gasteiger partial charge in [0.25, 0.3) is 0 Å². The van der Waals surface area contributed by atoms with Crippen molar-refractivity contribution in [2.75, 3.05) is 18.5 Å². The Hall–Kier alpha value is -1.65. The predicted octanol–water partition coefficient (Wildman–Crippen LogP) is 2.08. The van der Waals surface area contributed by atoms with Gasteiger partial charge in [-0.05, 0) is 25.7 Å². The first-order chi connectivity index (χ1) is 8.79. The first-order valence-corrected chi connectivity index (χ1v) is 6.66. The average molecular weight is 245 g/mol. The van der Waals surface area contributed by atoms with Crippen LogP contribution in [0.2, 0.25) is 0 Å². The number of anilines is 1. The van der Waals surface area contributed by atoms with Crippen LogP contribution in [0.4, 0.5) is 5.82 Å². The summed E-state index contributed by atoms with van der Waals surface area (Å²) in [4.78, 5) is 15.4. The molecule has 1 saturated carbocycles. The molecular weight excluding hydrogens is 226 g/mol. The minimum atomic E-state index is 0.827. The maximum Gasteiger partial charge on any atom is 0.165 e. The molecule has 5 nitrogen and oxygen atoms in total. The van der Waals surface area contributed by atoms with E-state index in [9.17, 15) is 0 Å². The van der Waals surface area contributed by atoms with Gasteiger partial charge in [-0.1, -0.05) is 6.42 Å². The molecule has 2 aromatic rings. The number of rotatable bonds is 4. The Labute approximate surface area is 107 Å². The lowest BCUT2D eigenvalue weighted by Crippen LogP contribution is -2.30. The number of aromatic nitrogens is 4. The van der Waals surface area contributed by atoms with Crippen LogP contribution in [-0.2, 0) is 6.54 Å². The van der Waals surface area contributed by atoms with Gasteiger partial charge >= 0.3 is 0 Å². The third-order valence-corrected chi connectivity index (χ3v) is 3.84. The van der Waals surface area contributed by atoms with Gasteiger partial charge in [0.05, 0.1) is 6.33 Å². The highest BCUT2D eigenvalue weighted by Gasteiger charge is 2.21. The van der Waals surface area contributed by atoms with Gasteiger partial charge in [-0.25, -0.2) is 15.0 Å². The first-order valence-electron chi connectivity index (χ1n) is 6.66. The van der Waals surface area contributed by atoms with E-state index in [1.54, 1.807) is 6.33 Å². The molecule has 5 heteroatoms. The summed E-state index contributed by atoms with van der Waals surface area (Å²) in [5, 5.41) is 0. The second-order valence-electron chi connectivity index (χ2n) is 5.08. The van der Waals surface area contributed by atoms with E-state index in [1.165, 1.54) is 19.3 Å². The van der Waals surface area contributed by atoms with E-state index in [1.807, 2.05) is 6.33 Å². The fourth-order valence-electron chi connectivity index (χ4n) is 2.53. The largest absolute Gasteiger partial charge is 0.357 e. The topological polar surface area (TPSA) is 46.8 Å². The lowest BCUT2D eigenvalue weighted by Gasteiger charge is -2.30. The van der Waals surface area contributed by atoms with Crippen molar-refractivity contribution >= 4 is 17.0 Å². The van der Waals surface area contributed by atoms with E-state index in [-0.39, 0.29) is 0 Å². The van der Waals surface area contributed by atoms with Crippen LogP contribution in [0.15, 0.2) is 12.7 Å². The molecule has 2 heterocycles. The van der Waals surface area contributed by atoms with E-state index >= 15 is 0 Å². The molecule has 0 bridgehead atoms. The molecule has 3 rings (SSSR count). The molecule has 0 radical (unpaired) electrons. The SMILES string of the molecule is CCn1cnc2c(N(C)CC3CCC3)ncnc21. The van der Waals surface area contributed by atoms with Gasteiger partial charge in [0, 0.05) is 20.1 Å². The first kappa shape index (κ1) is 11.4. The molecule has 1 fully saturated rings. The van der Waals surface area contributed by atoms with Crippen LogP contribution in [-0.4, -0.2) is 33.1 Å². The molecule has 1 aliphatic rings. The van der Waals surface area contributed by atoms with Gasteiger partial charge in [-0.3, -0.25) is 0 Å². The van der Waals surface area contributed by atoms with Crippen LogP contribution in [0.5, 0.6) is 0 Å². The van der Waals surface area contributed by atoms with Crippen LogP contribution in [0, 0.1) is 5.92 Å². The summed E-state index contributed by atoms with van der Waals surface area (Å²) in [6, 6.07) is 0. The average Bonchev–Trinajstić information content (AvgIpc) is 2.76. The Bertz CT molecular complexity index is 543. The van der Waals surface area contributed by atoms with Gasteiger partial charge in [-0.15, -0.1) is 0 Å². The molecule has 0 saturated heterocycles. The van der Waals surface area contributed by atoms with Gasteiger partial charge in [-0.2, -0.15) is 0 Å². The molecule has 0 amide bonds. The molecule has 0 aromatic carbocycles. The lowest BCUT2D eigenvalue weighted by atomic mass is 9.85. The van der Waals surface area contributed by atoms with Gasteiger partial charge < -0.3 is 9.47 Å². The Morgan fingerprint density at radius 1 is 1.33 bits per heavy atom. The van der Waals surface area contributed by atoms with Crippen molar-refractivity contribution in [3.63, 3.8) is 0 Å². The Kier molecular flexibility index (Phi) is 2.89. The quantitative estimate of drug-likeness (QED) is 0.827. The van der Waals surface area contributed by atoms with Crippen LogP contribution < -0.4 is 4.90 Å². The summed E-state index contributed by atoms with van der Waals surface area (Å²) < 4.78 is 2.05. The van der Waals surface area contributed by atoms with E-state index in [0.29, 0.717) is 0 Å². The summed E-state index contributed by atoms with van der Waals surface area (Å²) in [5.41, 5.74) is 1.85. The number of imidazole rings is 1. The van der Waals surface area contributed by atoms with E-state index in [2.05, 4.69) is 38.4 Å². The number of hydrogen-bond donors (Lipinski definition) is 0. The van der Waals surface area contributed by atoms with Crippen LogP contribution in [0.25, 0.3) is 11.2 Å². The molecule has 18 heavy (non-hydrogen) atoms. The molecular formula is C13H19N5. The third-order valence-electron chi connectivity index (χ3n) is 3.84. The fraction of sp³-hybridized carbons (Fsp3) is 0.615. The molecule has 0 N–H and O–H groups in total. The van der Waals surface area contributed by atoms with E-state index < -0.39 is 0 Å². The van der Waals surface area contributed by atoms with Crippen molar-refractivity contribution in [2.24, 2.45) is 5.92 Å². The Morgan fingerprint density at radius 3 is 2.83 bits per heavy atom. The monoisotopic (exact) mass is 245 g/mol. The third kappa shape index (κ3) is 1.83. The zero-order chi connectivity index (χ0) is 12.5. The van der Waals surface area contributed by atoms with Crippen molar-refractivity contribution in [1.29, 1.82) is 0 Å². The minimum Gasteiger partial charge on any atom is -0.357 e. The molecule has 0 unspecified atom stereocenters. The van der Waals surface area contributed by atoms with E-state index in [4.69, 9.17) is 0 Å².